The first-order valence-electron chi connectivity index (χ1n) is 7.36. The minimum Gasteiger partial charge on any atom is -0.497 e. The fraction of sp³-hybridized carbons (Fsp3) is 0.312. The number of esters is 1. The number of alkyl halides is 3. The Bertz CT molecular complexity index is 775. The van der Waals surface area contributed by atoms with Crippen LogP contribution >= 0.6 is 0 Å². The summed E-state index contributed by atoms with van der Waals surface area (Å²) in [6, 6.07) is 3.41. The second-order valence-electron chi connectivity index (χ2n) is 5.23. The second-order valence-corrected chi connectivity index (χ2v) is 5.23. The Kier molecular flexibility index (Phi) is 7.32. The molecular formula is C16H17F4N3O4. The van der Waals surface area contributed by atoms with Crippen LogP contribution in [0.1, 0.15) is 17.3 Å². The lowest BCUT2D eigenvalue weighted by molar-refractivity contribution is -0.137. The van der Waals surface area contributed by atoms with Crippen LogP contribution in [0.25, 0.3) is 0 Å². The molecule has 0 aromatic heterocycles. The van der Waals surface area contributed by atoms with E-state index in [1.807, 2.05) is 0 Å². The summed E-state index contributed by atoms with van der Waals surface area (Å²) in [4.78, 5) is 23.9. The van der Waals surface area contributed by atoms with Gasteiger partial charge in [0, 0.05) is 11.8 Å². The van der Waals surface area contributed by atoms with Gasteiger partial charge >= 0.3 is 12.1 Å². The molecule has 0 saturated heterocycles. The van der Waals surface area contributed by atoms with Crippen LogP contribution in [0.4, 0.5) is 17.6 Å². The number of hydrogen-bond acceptors (Lipinski definition) is 7. The van der Waals surface area contributed by atoms with E-state index in [0.29, 0.717) is 0 Å². The molecule has 0 aliphatic heterocycles. The Morgan fingerprint density at radius 3 is 2.41 bits per heavy atom. The number of Topliss-reactive ketones (excluding diaryl/α,β-unsaturated/α-hetero) is 1. The summed E-state index contributed by atoms with van der Waals surface area (Å²) < 4.78 is 59.9. The van der Waals surface area contributed by atoms with E-state index in [1.165, 1.54) is 13.2 Å². The molecule has 0 aliphatic carbocycles. The molecule has 0 saturated carbocycles. The largest absolute Gasteiger partial charge is 0.497 e. The maximum atomic E-state index is 13.8. The molecule has 27 heavy (non-hydrogen) atoms. The third kappa shape index (κ3) is 6.60. The Morgan fingerprint density at radius 1 is 1.30 bits per heavy atom. The summed E-state index contributed by atoms with van der Waals surface area (Å²) in [5.41, 5.74) is 3.86. The summed E-state index contributed by atoms with van der Waals surface area (Å²) in [5, 5.41) is 9.21. The molecule has 0 fully saturated rings. The first kappa shape index (κ1) is 21.9. The molecule has 11 heteroatoms. The van der Waals surface area contributed by atoms with E-state index < -0.39 is 54.0 Å². The van der Waals surface area contributed by atoms with E-state index in [9.17, 15) is 27.2 Å². The predicted molar refractivity (Wildman–Crippen MR) is 86.9 cm³/mol. The van der Waals surface area contributed by atoms with Crippen LogP contribution in [0.15, 0.2) is 29.6 Å². The van der Waals surface area contributed by atoms with Crippen LogP contribution in [-0.2, 0) is 9.53 Å². The zero-order valence-corrected chi connectivity index (χ0v) is 14.4. The van der Waals surface area contributed by atoms with Crippen molar-refractivity contribution >= 4 is 17.5 Å². The van der Waals surface area contributed by atoms with Crippen LogP contribution in [0.2, 0.25) is 0 Å². The molecule has 1 aromatic rings. The average Bonchev–Trinajstić information content (AvgIpc) is 2.56. The topological polar surface area (TPSA) is 114 Å². The Hall–Kier alpha value is -3.11. The van der Waals surface area contributed by atoms with Gasteiger partial charge in [-0.25, -0.2) is 9.18 Å². The molecule has 0 amide bonds. The zero-order valence-electron chi connectivity index (χ0n) is 14.4. The number of carbonyl (C=O) groups excluding carboxylic acids is 2. The Labute approximate surface area is 151 Å². The van der Waals surface area contributed by atoms with Crippen molar-refractivity contribution in [1.82, 2.24) is 5.32 Å². The highest BCUT2D eigenvalue weighted by Gasteiger charge is 2.28. The number of nitrogens with two attached hydrogens (primary N) is 1. The number of benzene rings is 1. The summed E-state index contributed by atoms with van der Waals surface area (Å²) in [6.07, 6.45) is -4.60. The van der Waals surface area contributed by atoms with Crippen molar-refractivity contribution in [2.24, 2.45) is 5.73 Å². The lowest BCUT2D eigenvalue weighted by Gasteiger charge is -2.14. The van der Waals surface area contributed by atoms with Crippen molar-refractivity contribution in [3.05, 3.63) is 41.0 Å². The summed E-state index contributed by atoms with van der Waals surface area (Å²) in [6.45, 7) is -1.33. The summed E-state index contributed by atoms with van der Waals surface area (Å²) in [7, 11) is 1.31. The molecule has 148 valence electrons. The van der Waals surface area contributed by atoms with Gasteiger partial charge in [0.1, 0.15) is 29.5 Å². The maximum absolute atomic E-state index is 13.8. The smallest absolute Gasteiger partial charge is 0.405 e. The van der Waals surface area contributed by atoms with Gasteiger partial charge < -0.3 is 25.9 Å². The van der Waals surface area contributed by atoms with Crippen molar-refractivity contribution < 1.29 is 36.6 Å². The number of ether oxygens (including phenoxy) is 2. The number of rotatable bonds is 8. The molecule has 0 heterocycles. The van der Waals surface area contributed by atoms with Gasteiger partial charge in [0.15, 0.2) is 6.61 Å². The van der Waals surface area contributed by atoms with Gasteiger partial charge in [-0.3, -0.25) is 4.79 Å². The molecule has 4 N–H and O–H groups in total. The highest BCUT2D eigenvalue weighted by Crippen LogP contribution is 2.17. The monoisotopic (exact) mass is 391 g/mol. The van der Waals surface area contributed by atoms with E-state index in [4.69, 9.17) is 15.9 Å². The van der Waals surface area contributed by atoms with E-state index in [1.54, 1.807) is 5.32 Å². The van der Waals surface area contributed by atoms with Gasteiger partial charge in [-0.1, -0.05) is 0 Å². The van der Waals surface area contributed by atoms with Crippen molar-refractivity contribution in [2.75, 3.05) is 20.3 Å². The minimum absolute atomic E-state index is 0.175. The minimum atomic E-state index is -4.60. The Morgan fingerprint density at radius 2 is 1.93 bits per heavy atom. The maximum Gasteiger partial charge on any atom is 0.405 e. The number of carbonyl (C=O) groups is 2. The number of methoxy groups -OCH3 is 1. The van der Waals surface area contributed by atoms with E-state index in [0.717, 1.165) is 19.1 Å². The lowest BCUT2D eigenvalue weighted by Crippen LogP contribution is -2.35. The Balaban J connectivity index is 2.85. The number of halogens is 4. The van der Waals surface area contributed by atoms with Crippen LogP contribution in [-0.4, -0.2) is 43.9 Å². The third-order valence-electron chi connectivity index (χ3n) is 3.14. The second kappa shape index (κ2) is 9.01. The van der Waals surface area contributed by atoms with Gasteiger partial charge in [0.25, 0.3) is 0 Å². The normalized spacial score (nSPS) is 12.1. The van der Waals surface area contributed by atoms with Crippen LogP contribution < -0.4 is 15.8 Å². The van der Waals surface area contributed by atoms with E-state index >= 15 is 0 Å². The van der Waals surface area contributed by atoms with Crippen molar-refractivity contribution in [1.29, 1.82) is 5.41 Å². The molecule has 1 rings (SSSR count). The number of nitrogens with one attached hydrogen (secondary N) is 2. The molecular weight excluding hydrogens is 374 g/mol. The zero-order chi connectivity index (χ0) is 20.8. The third-order valence-corrected chi connectivity index (χ3v) is 3.14. The molecule has 0 radical (unpaired) electrons. The molecule has 0 unspecified atom stereocenters. The van der Waals surface area contributed by atoms with E-state index in [2.05, 4.69) is 4.74 Å². The average molecular weight is 391 g/mol. The van der Waals surface area contributed by atoms with Crippen LogP contribution in [0.3, 0.4) is 0 Å². The first-order chi connectivity index (χ1) is 12.5. The first-order valence-corrected chi connectivity index (χ1v) is 7.36. The van der Waals surface area contributed by atoms with Crippen molar-refractivity contribution in [2.45, 2.75) is 13.1 Å². The van der Waals surface area contributed by atoms with Gasteiger partial charge in [0.2, 0.25) is 5.78 Å². The SMILES string of the molecule is COc1ccc(C(=O)COC(=O)/C(C(C)=N)=C(\N)NCC(F)(F)F)c(F)c1. The van der Waals surface area contributed by atoms with Crippen molar-refractivity contribution in [3.63, 3.8) is 0 Å². The van der Waals surface area contributed by atoms with Gasteiger partial charge in [-0.2, -0.15) is 13.2 Å². The molecule has 1 aromatic carbocycles. The molecule has 0 atom stereocenters. The summed E-state index contributed by atoms with van der Waals surface area (Å²) in [5.74, 6) is -3.65. The van der Waals surface area contributed by atoms with E-state index in [-0.39, 0.29) is 11.3 Å². The molecule has 0 aliphatic rings. The van der Waals surface area contributed by atoms with Gasteiger partial charge in [0.05, 0.1) is 12.7 Å². The highest BCUT2D eigenvalue weighted by atomic mass is 19.4. The molecule has 7 nitrogen and oxygen atoms in total. The van der Waals surface area contributed by atoms with Gasteiger partial charge in [-0.05, 0) is 19.1 Å². The quantitative estimate of drug-likeness (QED) is 0.205. The number of hydrogen-bond donors (Lipinski definition) is 3. The molecule has 0 spiro atoms. The van der Waals surface area contributed by atoms with Crippen LogP contribution in [0, 0.1) is 11.2 Å². The molecule has 0 bridgehead atoms. The lowest BCUT2D eigenvalue weighted by atomic mass is 10.1. The summed E-state index contributed by atoms with van der Waals surface area (Å²) >= 11 is 0. The van der Waals surface area contributed by atoms with Gasteiger partial charge in [-0.15, -0.1) is 0 Å². The highest BCUT2D eigenvalue weighted by molar-refractivity contribution is 6.18. The number of ketones is 1. The predicted octanol–water partition coefficient (Wildman–Crippen LogP) is 1.92. The fourth-order valence-electron chi connectivity index (χ4n) is 1.88. The van der Waals surface area contributed by atoms with Crippen molar-refractivity contribution in [3.8, 4) is 5.75 Å². The fourth-order valence-corrected chi connectivity index (χ4v) is 1.88. The van der Waals surface area contributed by atoms with Crippen LogP contribution in [0.5, 0.6) is 5.75 Å². The standard InChI is InChI=1S/C16H17F4N3O4/c1-8(21)13(14(22)23-7-16(18,19)20)15(25)27-6-12(24)10-4-3-9(26-2)5-11(10)17/h3-5,21,23H,6-7,22H2,1-2H3/b14-13+,21-8?.